The lowest BCUT2D eigenvalue weighted by Crippen LogP contribution is -2.06. The van der Waals surface area contributed by atoms with Crippen molar-refractivity contribution in [2.24, 2.45) is 0 Å². The number of carbonyl (C=O) groups excluding carboxylic acids is 1. The lowest BCUT2D eigenvalue weighted by atomic mass is 10.0. The van der Waals surface area contributed by atoms with Gasteiger partial charge in [-0.2, -0.15) is 0 Å². The summed E-state index contributed by atoms with van der Waals surface area (Å²) in [6, 6.07) is 5.22. The first-order valence-electron chi connectivity index (χ1n) is 5.50. The van der Waals surface area contributed by atoms with Crippen molar-refractivity contribution in [2.45, 2.75) is 6.42 Å². The molecule has 2 aromatic rings. The molecule has 0 amide bonds. The predicted molar refractivity (Wildman–Crippen MR) is 68.5 cm³/mol. The Labute approximate surface area is 120 Å². The number of rotatable bonds is 3. The third-order valence-electron chi connectivity index (χ3n) is 2.65. The van der Waals surface area contributed by atoms with E-state index in [1.54, 1.807) is 0 Å². The lowest BCUT2D eigenvalue weighted by molar-refractivity contribution is 0.0992. The molecular weight excluding hydrogens is 340 g/mol. The van der Waals surface area contributed by atoms with Crippen LogP contribution in [0.15, 0.2) is 34.8 Å². The summed E-state index contributed by atoms with van der Waals surface area (Å²) < 4.78 is 52.1. The van der Waals surface area contributed by atoms with Crippen LogP contribution >= 0.6 is 15.9 Å². The molecule has 0 radical (unpaired) electrons. The van der Waals surface area contributed by atoms with Gasteiger partial charge in [-0.25, -0.2) is 17.6 Å². The van der Waals surface area contributed by atoms with Crippen molar-refractivity contribution in [1.29, 1.82) is 0 Å². The maximum atomic E-state index is 13.0. The first kappa shape index (κ1) is 14.7. The van der Waals surface area contributed by atoms with E-state index in [1.165, 1.54) is 18.2 Å². The van der Waals surface area contributed by atoms with Gasteiger partial charge in [-0.1, -0.05) is 6.07 Å². The molecule has 0 aromatic heterocycles. The highest BCUT2D eigenvalue weighted by Crippen LogP contribution is 2.19. The molecule has 0 atom stereocenters. The summed E-state index contributed by atoms with van der Waals surface area (Å²) in [6.07, 6.45) is -0.177. The van der Waals surface area contributed by atoms with Crippen molar-refractivity contribution < 1.29 is 22.4 Å². The second kappa shape index (κ2) is 5.75. The minimum atomic E-state index is -1.62. The van der Waals surface area contributed by atoms with Crippen molar-refractivity contribution in [3.63, 3.8) is 0 Å². The van der Waals surface area contributed by atoms with E-state index >= 15 is 0 Å². The van der Waals surface area contributed by atoms with Crippen LogP contribution in [0.25, 0.3) is 0 Å². The van der Waals surface area contributed by atoms with Gasteiger partial charge in [-0.15, -0.1) is 0 Å². The van der Waals surface area contributed by atoms with Gasteiger partial charge in [0.05, 0.1) is 4.47 Å². The van der Waals surface area contributed by atoms with Crippen LogP contribution in [0.3, 0.4) is 0 Å². The monoisotopic (exact) mass is 346 g/mol. The standard InChI is InChI=1S/C14H7BrF4O/c15-9-3-7(1-2-10(9)16)4-13(20)8-5-11(17)14(19)12(18)6-8/h1-3,5-6H,4H2. The Kier molecular flexibility index (Phi) is 4.23. The average molecular weight is 347 g/mol. The molecule has 0 saturated heterocycles. The molecule has 104 valence electrons. The van der Waals surface area contributed by atoms with Crippen LogP contribution in [0, 0.1) is 23.3 Å². The minimum absolute atomic E-state index is 0.177. The van der Waals surface area contributed by atoms with E-state index in [1.807, 2.05) is 0 Å². The second-order valence-corrected chi connectivity index (χ2v) is 4.96. The Balaban J connectivity index is 2.26. The topological polar surface area (TPSA) is 17.1 Å². The van der Waals surface area contributed by atoms with Crippen molar-refractivity contribution in [3.05, 3.63) is 69.2 Å². The van der Waals surface area contributed by atoms with Crippen LogP contribution < -0.4 is 0 Å². The molecule has 0 heterocycles. The number of hydrogen-bond donors (Lipinski definition) is 0. The molecule has 6 heteroatoms. The second-order valence-electron chi connectivity index (χ2n) is 4.10. The molecule has 1 nitrogen and oxygen atoms in total. The van der Waals surface area contributed by atoms with Gasteiger partial charge in [0.15, 0.2) is 23.2 Å². The fraction of sp³-hybridized carbons (Fsp3) is 0.0714. The Morgan fingerprint density at radius 2 is 1.55 bits per heavy atom. The van der Waals surface area contributed by atoms with Gasteiger partial charge in [0.1, 0.15) is 5.82 Å². The summed E-state index contributed by atoms with van der Waals surface area (Å²) in [4.78, 5) is 11.9. The van der Waals surface area contributed by atoms with Crippen LogP contribution in [0.4, 0.5) is 17.6 Å². The molecular formula is C14H7BrF4O. The molecule has 0 aliphatic rings. The third kappa shape index (κ3) is 3.07. The molecule has 0 unspecified atom stereocenters. The molecule has 0 aliphatic heterocycles. The van der Waals surface area contributed by atoms with Crippen molar-refractivity contribution in [2.75, 3.05) is 0 Å². The van der Waals surface area contributed by atoms with Crippen LogP contribution in [-0.2, 0) is 6.42 Å². The summed E-state index contributed by atoms with van der Waals surface area (Å²) >= 11 is 2.97. The largest absolute Gasteiger partial charge is 0.294 e. The molecule has 2 aromatic carbocycles. The van der Waals surface area contributed by atoms with E-state index in [-0.39, 0.29) is 16.5 Å². The number of carbonyl (C=O) groups is 1. The molecule has 20 heavy (non-hydrogen) atoms. The SMILES string of the molecule is O=C(Cc1ccc(F)c(Br)c1)c1cc(F)c(F)c(F)c1. The Hall–Kier alpha value is -1.69. The molecule has 0 N–H and O–H groups in total. The summed E-state index contributed by atoms with van der Waals surface area (Å²) in [5, 5.41) is 0. The molecule has 2 rings (SSSR count). The number of Topliss-reactive ketones (excluding diaryl/α,β-unsaturated/α-hetero) is 1. The Bertz CT molecular complexity index is 662. The van der Waals surface area contributed by atoms with E-state index in [0.29, 0.717) is 17.7 Å². The Morgan fingerprint density at radius 3 is 2.10 bits per heavy atom. The van der Waals surface area contributed by atoms with Gasteiger partial charge in [-0.05, 0) is 45.8 Å². The van der Waals surface area contributed by atoms with E-state index in [0.717, 1.165) is 0 Å². The van der Waals surface area contributed by atoms with Crippen LogP contribution in [-0.4, -0.2) is 5.78 Å². The van der Waals surface area contributed by atoms with Gasteiger partial charge in [0.25, 0.3) is 0 Å². The van der Waals surface area contributed by atoms with Gasteiger partial charge >= 0.3 is 0 Å². The zero-order valence-electron chi connectivity index (χ0n) is 9.89. The maximum Gasteiger partial charge on any atom is 0.194 e. The normalized spacial score (nSPS) is 10.7. The number of ketones is 1. The molecule has 0 saturated carbocycles. The fourth-order valence-electron chi connectivity index (χ4n) is 1.65. The van der Waals surface area contributed by atoms with E-state index < -0.39 is 29.1 Å². The van der Waals surface area contributed by atoms with Crippen LogP contribution in [0.5, 0.6) is 0 Å². The molecule has 0 spiro atoms. The van der Waals surface area contributed by atoms with Crippen molar-refractivity contribution in [1.82, 2.24) is 0 Å². The first-order valence-corrected chi connectivity index (χ1v) is 6.29. The molecule has 0 aliphatic carbocycles. The van der Waals surface area contributed by atoms with Crippen LogP contribution in [0.2, 0.25) is 0 Å². The lowest BCUT2D eigenvalue weighted by Gasteiger charge is -2.04. The highest BCUT2D eigenvalue weighted by Gasteiger charge is 2.15. The van der Waals surface area contributed by atoms with E-state index in [4.69, 9.17) is 0 Å². The van der Waals surface area contributed by atoms with Gasteiger partial charge < -0.3 is 0 Å². The van der Waals surface area contributed by atoms with Gasteiger partial charge in [0.2, 0.25) is 0 Å². The summed E-state index contributed by atoms with van der Waals surface area (Å²) in [5.74, 6) is -5.55. The van der Waals surface area contributed by atoms with Crippen molar-refractivity contribution in [3.8, 4) is 0 Å². The van der Waals surface area contributed by atoms with Crippen molar-refractivity contribution >= 4 is 21.7 Å². The number of hydrogen-bond acceptors (Lipinski definition) is 1. The fourth-order valence-corrected chi connectivity index (χ4v) is 2.08. The Morgan fingerprint density at radius 1 is 0.950 bits per heavy atom. The maximum absolute atomic E-state index is 13.0. The zero-order chi connectivity index (χ0) is 14.9. The zero-order valence-corrected chi connectivity index (χ0v) is 11.5. The summed E-state index contributed by atoms with van der Waals surface area (Å²) in [5.41, 5.74) is 0.190. The average Bonchev–Trinajstić information content (AvgIpc) is 2.39. The molecule has 0 fully saturated rings. The smallest absolute Gasteiger partial charge is 0.194 e. The van der Waals surface area contributed by atoms with E-state index in [2.05, 4.69) is 15.9 Å². The highest BCUT2D eigenvalue weighted by molar-refractivity contribution is 9.10. The van der Waals surface area contributed by atoms with Gasteiger partial charge in [-0.3, -0.25) is 4.79 Å². The minimum Gasteiger partial charge on any atom is -0.294 e. The number of benzene rings is 2. The third-order valence-corrected chi connectivity index (χ3v) is 3.26. The van der Waals surface area contributed by atoms with E-state index in [9.17, 15) is 22.4 Å². The van der Waals surface area contributed by atoms with Crippen LogP contribution in [0.1, 0.15) is 15.9 Å². The number of halogens is 5. The predicted octanol–water partition coefficient (Wildman–Crippen LogP) is 4.43. The summed E-state index contributed by atoms with van der Waals surface area (Å²) in [6.45, 7) is 0. The first-order chi connectivity index (χ1) is 9.38. The quantitative estimate of drug-likeness (QED) is 0.456. The summed E-state index contributed by atoms with van der Waals surface area (Å²) in [7, 11) is 0. The highest BCUT2D eigenvalue weighted by atomic mass is 79.9. The molecule has 0 bridgehead atoms. The van der Waals surface area contributed by atoms with Gasteiger partial charge in [0, 0.05) is 12.0 Å².